The summed E-state index contributed by atoms with van der Waals surface area (Å²) in [4.78, 5) is 29.6. The van der Waals surface area contributed by atoms with Crippen molar-refractivity contribution < 1.29 is 14.3 Å². The number of pyridine rings is 1. The number of carbonyl (C=O) groups is 2. The van der Waals surface area contributed by atoms with E-state index >= 15 is 0 Å². The molecule has 0 atom stereocenters. The van der Waals surface area contributed by atoms with Gasteiger partial charge in [0.2, 0.25) is 11.8 Å². The van der Waals surface area contributed by atoms with Crippen molar-refractivity contribution in [3.63, 3.8) is 0 Å². The SMILES string of the molecule is COc1ncccc1CNC(=O)Nc1ccc(N2CCCC2=O)cc1. The summed E-state index contributed by atoms with van der Waals surface area (Å²) in [7, 11) is 1.54. The third-order valence-corrected chi connectivity index (χ3v) is 3.99. The van der Waals surface area contributed by atoms with Crippen molar-refractivity contribution in [3.8, 4) is 5.88 Å². The molecule has 1 saturated heterocycles. The van der Waals surface area contributed by atoms with Gasteiger partial charge in [-0.2, -0.15) is 0 Å². The standard InChI is InChI=1S/C18H20N4O3/c1-25-17-13(4-2-10-19-17)12-20-18(24)21-14-6-8-15(9-7-14)22-11-3-5-16(22)23/h2,4,6-10H,3,5,11-12H2,1H3,(H2,20,21,24). The number of hydrogen-bond acceptors (Lipinski definition) is 4. The van der Waals surface area contributed by atoms with Gasteiger partial charge in [-0.25, -0.2) is 9.78 Å². The zero-order valence-electron chi connectivity index (χ0n) is 14.0. The molecule has 0 radical (unpaired) electrons. The fourth-order valence-electron chi connectivity index (χ4n) is 2.74. The minimum Gasteiger partial charge on any atom is -0.481 e. The Balaban J connectivity index is 1.55. The highest BCUT2D eigenvalue weighted by atomic mass is 16.5. The third-order valence-electron chi connectivity index (χ3n) is 3.99. The Morgan fingerprint density at radius 1 is 1.28 bits per heavy atom. The largest absolute Gasteiger partial charge is 0.481 e. The third kappa shape index (κ3) is 4.06. The van der Waals surface area contributed by atoms with Gasteiger partial charge in [-0.3, -0.25) is 4.79 Å². The predicted molar refractivity (Wildman–Crippen MR) is 94.7 cm³/mol. The monoisotopic (exact) mass is 340 g/mol. The molecule has 130 valence electrons. The van der Waals surface area contributed by atoms with Crippen molar-refractivity contribution >= 4 is 23.3 Å². The number of amides is 3. The second kappa shape index (κ2) is 7.65. The summed E-state index contributed by atoms with van der Waals surface area (Å²) in [6.07, 6.45) is 3.12. The van der Waals surface area contributed by atoms with Crippen LogP contribution >= 0.6 is 0 Å². The Morgan fingerprint density at radius 3 is 2.76 bits per heavy atom. The van der Waals surface area contributed by atoms with Gasteiger partial charge in [-0.15, -0.1) is 0 Å². The van der Waals surface area contributed by atoms with E-state index in [1.54, 1.807) is 36.4 Å². The minimum absolute atomic E-state index is 0.142. The number of nitrogens with zero attached hydrogens (tertiary/aromatic N) is 2. The summed E-state index contributed by atoms with van der Waals surface area (Å²) in [6, 6.07) is 10.5. The van der Waals surface area contributed by atoms with Crippen LogP contribution in [-0.2, 0) is 11.3 Å². The average Bonchev–Trinajstić information content (AvgIpc) is 3.07. The van der Waals surface area contributed by atoms with Gasteiger partial charge >= 0.3 is 6.03 Å². The smallest absolute Gasteiger partial charge is 0.319 e. The van der Waals surface area contributed by atoms with Crippen molar-refractivity contribution in [1.82, 2.24) is 10.3 Å². The number of hydrogen-bond donors (Lipinski definition) is 2. The van der Waals surface area contributed by atoms with Crippen LogP contribution in [0, 0.1) is 0 Å². The molecule has 7 nitrogen and oxygen atoms in total. The number of ether oxygens (including phenoxy) is 1. The molecule has 25 heavy (non-hydrogen) atoms. The maximum Gasteiger partial charge on any atom is 0.319 e. The lowest BCUT2D eigenvalue weighted by Gasteiger charge is -2.16. The highest BCUT2D eigenvalue weighted by Gasteiger charge is 2.21. The lowest BCUT2D eigenvalue weighted by molar-refractivity contribution is -0.117. The molecule has 2 heterocycles. The molecule has 1 aliphatic heterocycles. The van der Waals surface area contributed by atoms with Crippen molar-refractivity contribution in [2.24, 2.45) is 0 Å². The van der Waals surface area contributed by atoms with E-state index in [1.165, 1.54) is 0 Å². The molecule has 3 amide bonds. The first-order valence-corrected chi connectivity index (χ1v) is 8.10. The summed E-state index contributed by atoms with van der Waals surface area (Å²) < 4.78 is 5.15. The zero-order chi connectivity index (χ0) is 17.6. The maximum atomic E-state index is 12.0. The Morgan fingerprint density at radius 2 is 2.08 bits per heavy atom. The molecule has 0 aliphatic carbocycles. The van der Waals surface area contributed by atoms with Gasteiger partial charge in [-0.1, -0.05) is 6.07 Å². The van der Waals surface area contributed by atoms with E-state index < -0.39 is 0 Å². The normalized spacial score (nSPS) is 13.6. The van der Waals surface area contributed by atoms with Crippen LogP contribution in [0.3, 0.4) is 0 Å². The van der Waals surface area contributed by atoms with E-state index in [0.717, 1.165) is 24.2 Å². The van der Waals surface area contributed by atoms with Gasteiger partial charge < -0.3 is 20.3 Å². The molecule has 2 aromatic rings. The summed E-state index contributed by atoms with van der Waals surface area (Å²) in [6.45, 7) is 1.06. The zero-order valence-corrected chi connectivity index (χ0v) is 14.0. The lowest BCUT2D eigenvalue weighted by atomic mass is 10.2. The Kier molecular flexibility index (Phi) is 5.13. The second-order valence-corrected chi connectivity index (χ2v) is 5.68. The van der Waals surface area contributed by atoms with Crippen LogP contribution in [0.1, 0.15) is 18.4 Å². The molecule has 1 aliphatic rings. The molecule has 0 bridgehead atoms. The summed E-state index contributed by atoms with van der Waals surface area (Å²) in [5, 5.41) is 5.53. The van der Waals surface area contributed by atoms with Crippen molar-refractivity contribution in [3.05, 3.63) is 48.2 Å². The van der Waals surface area contributed by atoms with Crippen LogP contribution in [-0.4, -0.2) is 30.6 Å². The lowest BCUT2D eigenvalue weighted by Crippen LogP contribution is -2.28. The highest BCUT2D eigenvalue weighted by molar-refractivity contribution is 5.96. The fourth-order valence-corrected chi connectivity index (χ4v) is 2.74. The average molecular weight is 340 g/mol. The first-order valence-electron chi connectivity index (χ1n) is 8.10. The van der Waals surface area contributed by atoms with Gasteiger partial charge in [0, 0.05) is 42.6 Å². The van der Waals surface area contributed by atoms with Crippen molar-refractivity contribution in [2.75, 3.05) is 23.9 Å². The van der Waals surface area contributed by atoms with Crippen LogP contribution in [0.4, 0.5) is 16.2 Å². The van der Waals surface area contributed by atoms with E-state index in [9.17, 15) is 9.59 Å². The molecule has 1 aromatic carbocycles. The number of benzene rings is 1. The first kappa shape index (κ1) is 16.8. The van der Waals surface area contributed by atoms with Gasteiger partial charge in [-0.05, 0) is 36.8 Å². The van der Waals surface area contributed by atoms with E-state index in [2.05, 4.69) is 15.6 Å². The van der Waals surface area contributed by atoms with Crippen LogP contribution < -0.4 is 20.3 Å². The number of methoxy groups -OCH3 is 1. The molecule has 3 rings (SSSR count). The van der Waals surface area contributed by atoms with Gasteiger partial charge in [0.1, 0.15) is 0 Å². The van der Waals surface area contributed by atoms with Crippen LogP contribution in [0.5, 0.6) is 5.88 Å². The Hall–Kier alpha value is -3.09. The summed E-state index contributed by atoms with van der Waals surface area (Å²) in [5.41, 5.74) is 2.31. The van der Waals surface area contributed by atoms with Gasteiger partial charge in [0.05, 0.1) is 7.11 Å². The van der Waals surface area contributed by atoms with Crippen LogP contribution in [0.15, 0.2) is 42.6 Å². The minimum atomic E-state index is -0.323. The molecule has 1 fully saturated rings. The van der Waals surface area contributed by atoms with Gasteiger partial charge in [0.15, 0.2) is 0 Å². The quantitative estimate of drug-likeness (QED) is 0.876. The maximum absolute atomic E-state index is 12.0. The summed E-state index contributed by atoms with van der Waals surface area (Å²) >= 11 is 0. The Bertz CT molecular complexity index is 761. The highest BCUT2D eigenvalue weighted by Crippen LogP contribution is 2.23. The first-order chi connectivity index (χ1) is 12.2. The van der Waals surface area contributed by atoms with E-state index in [0.29, 0.717) is 24.5 Å². The molecule has 0 saturated carbocycles. The van der Waals surface area contributed by atoms with E-state index in [-0.39, 0.29) is 11.9 Å². The molecule has 0 spiro atoms. The molecule has 2 N–H and O–H groups in total. The predicted octanol–water partition coefficient (Wildman–Crippen LogP) is 2.54. The molecule has 1 aromatic heterocycles. The number of carbonyl (C=O) groups excluding carboxylic acids is 2. The van der Waals surface area contributed by atoms with Crippen molar-refractivity contribution in [2.45, 2.75) is 19.4 Å². The summed E-state index contributed by atoms with van der Waals surface area (Å²) in [5.74, 6) is 0.631. The number of aromatic nitrogens is 1. The van der Waals surface area contributed by atoms with Crippen LogP contribution in [0.2, 0.25) is 0 Å². The van der Waals surface area contributed by atoms with E-state index in [4.69, 9.17) is 4.74 Å². The van der Waals surface area contributed by atoms with Crippen molar-refractivity contribution in [1.29, 1.82) is 0 Å². The molecule has 7 heteroatoms. The number of anilines is 2. The van der Waals surface area contributed by atoms with E-state index in [1.807, 2.05) is 18.2 Å². The number of urea groups is 1. The van der Waals surface area contributed by atoms with Gasteiger partial charge in [0.25, 0.3) is 0 Å². The van der Waals surface area contributed by atoms with Crippen LogP contribution in [0.25, 0.3) is 0 Å². The molecule has 0 unspecified atom stereocenters. The second-order valence-electron chi connectivity index (χ2n) is 5.68. The molecular formula is C18H20N4O3. The fraction of sp³-hybridized carbons (Fsp3) is 0.278. The molecular weight excluding hydrogens is 320 g/mol. The topological polar surface area (TPSA) is 83.6 Å². The Labute approximate surface area is 146 Å². The number of nitrogens with one attached hydrogen (secondary N) is 2. The number of rotatable bonds is 5.